The molecule has 0 radical (unpaired) electrons. The molecule has 0 aliphatic carbocycles. The lowest BCUT2D eigenvalue weighted by Gasteiger charge is -2.27. The molecule has 2 fully saturated rings. The number of rotatable bonds is 7. The van der Waals surface area contributed by atoms with Crippen molar-refractivity contribution in [3.63, 3.8) is 0 Å². The molecular weight excluding hydrogens is 500 g/mol. The van der Waals surface area contributed by atoms with Crippen molar-refractivity contribution in [2.24, 2.45) is 13.0 Å². The predicted octanol–water partition coefficient (Wildman–Crippen LogP) is 3.50. The lowest BCUT2D eigenvalue weighted by molar-refractivity contribution is -0.139. The van der Waals surface area contributed by atoms with Gasteiger partial charge in [-0.05, 0) is 66.8 Å². The van der Waals surface area contributed by atoms with E-state index in [9.17, 15) is 9.59 Å². The number of aryl methyl sites for hydroxylation is 2. The Morgan fingerprint density at radius 3 is 2.58 bits per heavy atom. The average Bonchev–Trinajstić information content (AvgIpc) is 3.72. The van der Waals surface area contributed by atoms with Crippen LogP contribution in [0.5, 0.6) is 0 Å². The van der Waals surface area contributed by atoms with Crippen LogP contribution in [0.15, 0.2) is 72.8 Å². The third-order valence-electron chi connectivity index (χ3n) is 8.46. The Labute approximate surface area is 234 Å². The van der Waals surface area contributed by atoms with Gasteiger partial charge in [-0.1, -0.05) is 71.4 Å². The molecule has 0 bridgehead atoms. The maximum absolute atomic E-state index is 13.9. The highest BCUT2D eigenvalue weighted by atomic mass is 16.2. The Bertz CT molecular complexity index is 1500. The molecule has 0 saturated carbocycles. The molecule has 2 aliphatic heterocycles. The smallest absolute Gasteiger partial charge is 0.243 e. The zero-order valence-electron chi connectivity index (χ0n) is 23.1. The van der Waals surface area contributed by atoms with E-state index in [1.807, 2.05) is 48.3 Å². The molecule has 0 spiro atoms. The van der Waals surface area contributed by atoms with Crippen LogP contribution < -0.4 is 10.6 Å². The van der Waals surface area contributed by atoms with Gasteiger partial charge in [0.2, 0.25) is 11.8 Å². The first-order valence-electron chi connectivity index (χ1n) is 14.1. The molecule has 3 heterocycles. The predicted molar refractivity (Wildman–Crippen MR) is 154 cm³/mol. The molecule has 2 saturated heterocycles. The van der Waals surface area contributed by atoms with Gasteiger partial charge >= 0.3 is 0 Å². The maximum atomic E-state index is 13.9. The number of nitrogens with one attached hydrogen (secondary N) is 2. The van der Waals surface area contributed by atoms with Crippen molar-refractivity contribution in [2.75, 3.05) is 13.1 Å². The number of carbonyl (C=O) groups excluding carboxylic acids is 2. The minimum absolute atomic E-state index is 0.0333. The molecule has 4 unspecified atom stereocenters. The number of carbonyl (C=O) groups is 2. The highest BCUT2D eigenvalue weighted by molar-refractivity contribution is 5.90. The SMILES string of the molecule is Cc1ccc(CC2CC(C(=O)NCc3ccc4c(c3)nnn4C)N(C(=O)C3CC(c4ccccc4)CN3)C2)cc1. The Morgan fingerprint density at radius 1 is 1.00 bits per heavy atom. The van der Waals surface area contributed by atoms with Gasteiger partial charge in [-0.25, -0.2) is 4.68 Å². The fraction of sp³-hybridized carbons (Fsp3) is 0.375. The number of aromatic nitrogens is 3. The van der Waals surface area contributed by atoms with E-state index in [0.29, 0.717) is 25.4 Å². The van der Waals surface area contributed by atoms with Crippen LogP contribution in [-0.4, -0.2) is 56.9 Å². The molecular formula is C32H36N6O2. The van der Waals surface area contributed by atoms with Crippen LogP contribution in [-0.2, 0) is 29.6 Å². The number of benzene rings is 3. The van der Waals surface area contributed by atoms with Crippen molar-refractivity contribution in [3.8, 4) is 0 Å². The summed E-state index contributed by atoms with van der Waals surface area (Å²) in [6.07, 6.45) is 2.25. The van der Waals surface area contributed by atoms with Gasteiger partial charge in [-0.2, -0.15) is 0 Å². The van der Waals surface area contributed by atoms with E-state index in [1.54, 1.807) is 4.68 Å². The second-order valence-electron chi connectivity index (χ2n) is 11.4. The Hall–Kier alpha value is -4.04. The molecule has 8 heteroatoms. The zero-order valence-corrected chi connectivity index (χ0v) is 23.1. The highest BCUT2D eigenvalue weighted by Crippen LogP contribution is 2.31. The molecule has 3 aromatic carbocycles. The van der Waals surface area contributed by atoms with E-state index in [0.717, 1.165) is 36.0 Å². The molecule has 6 rings (SSSR count). The first kappa shape index (κ1) is 26.2. The van der Waals surface area contributed by atoms with Crippen molar-refractivity contribution < 1.29 is 9.59 Å². The van der Waals surface area contributed by atoms with Crippen molar-refractivity contribution in [3.05, 3.63) is 95.1 Å². The van der Waals surface area contributed by atoms with Crippen LogP contribution in [0.1, 0.15) is 41.0 Å². The lowest BCUT2D eigenvalue weighted by atomic mass is 9.96. The van der Waals surface area contributed by atoms with Crippen LogP contribution in [0.3, 0.4) is 0 Å². The largest absolute Gasteiger partial charge is 0.350 e. The van der Waals surface area contributed by atoms with Gasteiger partial charge in [0.15, 0.2) is 0 Å². The van der Waals surface area contributed by atoms with Gasteiger partial charge in [0.05, 0.1) is 11.6 Å². The number of amides is 2. The van der Waals surface area contributed by atoms with Gasteiger partial charge in [-0.3, -0.25) is 9.59 Å². The lowest BCUT2D eigenvalue weighted by Crippen LogP contribution is -2.51. The first-order valence-corrected chi connectivity index (χ1v) is 14.1. The van der Waals surface area contributed by atoms with Gasteiger partial charge in [0.25, 0.3) is 0 Å². The van der Waals surface area contributed by atoms with Crippen molar-refractivity contribution in [1.29, 1.82) is 0 Å². The molecule has 4 aromatic rings. The quantitative estimate of drug-likeness (QED) is 0.377. The second kappa shape index (κ2) is 11.2. The average molecular weight is 537 g/mol. The summed E-state index contributed by atoms with van der Waals surface area (Å²) in [6.45, 7) is 3.82. The number of nitrogens with zero attached hydrogens (tertiary/aromatic N) is 4. The van der Waals surface area contributed by atoms with Crippen molar-refractivity contribution in [1.82, 2.24) is 30.5 Å². The first-order chi connectivity index (χ1) is 19.4. The minimum atomic E-state index is -0.485. The molecule has 40 heavy (non-hydrogen) atoms. The van der Waals surface area contributed by atoms with Gasteiger partial charge < -0.3 is 15.5 Å². The fourth-order valence-electron chi connectivity index (χ4n) is 6.23. The van der Waals surface area contributed by atoms with E-state index in [2.05, 4.69) is 64.3 Å². The summed E-state index contributed by atoms with van der Waals surface area (Å²) in [4.78, 5) is 29.3. The van der Waals surface area contributed by atoms with Crippen molar-refractivity contribution in [2.45, 2.75) is 50.7 Å². The minimum Gasteiger partial charge on any atom is -0.350 e. The molecule has 8 nitrogen and oxygen atoms in total. The monoisotopic (exact) mass is 536 g/mol. The Balaban J connectivity index is 1.16. The standard InChI is InChI=1S/C32H36N6O2/c1-21-8-10-22(11-9-21)14-24-16-30(31(39)34-18-23-12-13-29-27(15-23)35-36-37(29)2)38(20-24)32(40)28-17-26(19-33-28)25-6-4-3-5-7-25/h3-13,15,24,26,28,30,33H,14,16-20H2,1-2H3,(H,34,39). The number of fused-ring (bicyclic) bond motifs is 1. The van der Waals surface area contributed by atoms with Crippen molar-refractivity contribution >= 4 is 22.8 Å². The number of hydrogen-bond donors (Lipinski definition) is 2. The number of hydrogen-bond acceptors (Lipinski definition) is 5. The van der Waals surface area contributed by atoms with Crippen LogP contribution in [0.2, 0.25) is 0 Å². The third-order valence-corrected chi connectivity index (χ3v) is 8.46. The Kier molecular flexibility index (Phi) is 7.34. The molecule has 2 N–H and O–H groups in total. The molecule has 2 amide bonds. The molecule has 4 atom stereocenters. The summed E-state index contributed by atoms with van der Waals surface area (Å²) in [7, 11) is 1.86. The summed E-state index contributed by atoms with van der Waals surface area (Å²) in [5, 5.41) is 14.8. The van der Waals surface area contributed by atoms with Crippen LogP contribution in [0, 0.1) is 12.8 Å². The summed E-state index contributed by atoms with van der Waals surface area (Å²) in [5.74, 6) is 0.455. The topological polar surface area (TPSA) is 92.2 Å². The molecule has 2 aliphatic rings. The maximum Gasteiger partial charge on any atom is 0.243 e. The second-order valence-corrected chi connectivity index (χ2v) is 11.4. The molecule has 206 valence electrons. The third kappa shape index (κ3) is 5.49. The van der Waals surface area contributed by atoms with E-state index in [1.165, 1.54) is 16.7 Å². The van der Waals surface area contributed by atoms with Gasteiger partial charge in [0.1, 0.15) is 11.6 Å². The van der Waals surface area contributed by atoms with Crippen LogP contribution in [0.25, 0.3) is 11.0 Å². The zero-order chi connectivity index (χ0) is 27.6. The van der Waals surface area contributed by atoms with Crippen LogP contribution >= 0.6 is 0 Å². The van der Waals surface area contributed by atoms with E-state index < -0.39 is 6.04 Å². The normalized spacial score (nSPS) is 22.6. The fourth-order valence-corrected chi connectivity index (χ4v) is 6.23. The van der Waals surface area contributed by atoms with E-state index >= 15 is 0 Å². The molecule has 1 aromatic heterocycles. The van der Waals surface area contributed by atoms with E-state index in [-0.39, 0.29) is 23.8 Å². The highest BCUT2D eigenvalue weighted by Gasteiger charge is 2.43. The summed E-state index contributed by atoms with van der Waals surface area (Å²) in [6, 6.07) is 24.0. The van der Waals surface area contributed by atoms with Gasteiger partial charge in [0, 0.05) is 26.7 Å². The van der Waals surface area contributed by atoms with Gasteiger partial charge in [-0.15, -0.1) is 5.10 Å². The summed E-state index contributed by atoms with van der Waals surface area (Å²) in [5.41, 5.74) is 6.41. The van der Waals surface area contributed by atoms with Crippen LogP contribution in [0.4, 0.5) is 0 Å². The summed E-state index contributed by atoms with van der Waals surface area (Å²) >= 11 is 0. The summed E-state index contributed by atoms with van der Waals surface area (Å²) < 4.78 is 1.73. The Morgan fingerprint density at radius 2 is 1.77 bits per heavy atom. The van der Waals surface area contributed by atoms with E-state index in [4.69, 9.17) is 0 Å². The number of likely N-dealkylation sites (tertiary alicyclic amines) is 1.